The molecule has 0 aromatic heterocycles. The third kappa shape index (κ3) is 8.03. The topological polar surface area (TPSA) is 157 Å². The highest BCUT2D eigenvalue weighted by molar-refractivity contribution is 5.92. The first-order chi connectivity index (χ1) is 13.4. The van der Waals surface area contributed by atoms with Crippen LogP contribution < -0.4 is 27.8 Å². The SMILES string of the molecule is CNC(=O)[C@H](CCc1ccccc1)NC(=O)[C@@H](N)CC(=O)N(CCN)CCN. The molecular formula is C19H32N6O3. The molecule has 0 fully saturated rings. The lowest BCUT2D eigenvalue weighted by Crippen LogP contribution is -2.52. The number of nitrogens with zero attached hydrogens (tertiary/aromatic N) is 1. The number of hydrogen-bond donors (Lipinski definition) is 5. The second-order valence-electron chi connectivity index (χ2n) is 6.47. The van der Waals surface area contributed by atoms with Gasteiger partial charge in [-0.15, -0.1) is 0 Å². The molecule has 3 amide bonds. The zero-order valence-corrected chi connectivity index (χ0v) is 16.4. The molecule has 1 aromatic carbocycles. The fourth-order valence-corrected chi connectivity index (χ4v) is 2.76. The number of hydrogen-bond acceptors (Lipinski definition) is 6. The lowest BCUT2D eigenvalue weighted by atomic mass is 10.0. The Labute approximate surface area is 166 Å². The minimum Gasteiger partial charge on any atom is -0.357 e. The fraction of sp³-hybridized carbons (Fsp3) is 0.526. The van der Waals surface area contributed by atoms with Crippen LogP contribution in [0.4, 0.5) is 0 Å². The Hall–Kier alpha value is -2.49. The summed E-state index contributed by atoms with van der Waals surface area (Å²) in [5.41, 5.74) is 17.9. The largest absolute Gasteiger partial charge is 0.357 e. The van der Waals surface area contributed by atoms with Gasteiger partial charge in [-0.25, -0.2) is 0 Å². The van der Waals surface area contributed by atoms with E-state index in [-0.39, 0.29) is 18.2 Å². The lowest BCUT2D eigenvalue weighted by Gasteiger charge is -2.24. The number of benzene rings is 1. The summed E-state index contributed by atoms with van der Waals surface area (Å²) < 4.78 is 0. The van der Waals surface area contributed by atoms with Crippen molar-refractivity contribution < 1.29 is 14.4 Å². The maximum absolute atomic E-state index is 12.4. The maximum atomic E-state index is 12.4. The van der Waals surface area contributed by atoms with Crippen LogP contribution in [0.15, 0.2) is 30.3 Å². The number of likely N-dealkylation sites (N-methyl/N-ethyl adjacent to an activating group) is 1. The van der Waals surface area contributed by atoms with Crippen molar-refractivity contribution in [2.45, 2.75) is 31.3 Å². The number of carbonyl (C=O) groups is 3. The van der Waals surface area contributed by atoms with Crippen molar-refractivity contribution in [3.63, 3.8) is 0 Å². The van der Waals surface area contributed by atoms with E-state index in [9.17, 15) is 14.4 Å². The van der Waals surface area contributed by atoms with Gasteiger partial charge < -0.3 is 32.7 Å². The van der Waals surface area contributed by atoms with Crippen molar-refractivity contribution in [2.75, 3.05) is 33.2 Å². The van der Waals surface area contributed by atoms with Gasteiger partial charge in [0, 0.05) is 33.2 Å². The van der Waals surface area contributed by atoms with Crippen molar-refractivity contribution in [1.29, 1.82) is 0 Å². The molecular weight excluding hydrogens is 360 g/mol. The van der Waals surface area contributed by atoms with Gasteiger partial charge >= 0.3 is 0 Å². The van der Waals surface area contributed by atoms with Gasteiger partial charge in [-0.05, 0) is 18.4 Å². The van der Waals surface area contributed by atoms with E-state index in [4.69, 9.17) is 17.2 Å². The summed E-state index contributed by atoms with van der Waals surface area (Å²) in [6, 6.07) is 7.86. The van der Waals surface area contributed by atoms with Crippen molar-refractivity contribution in [2.24, 2.45) is 17.2 Å². The summed E-state index contributed by atoms with van der Waals surface area (Å²) in [7, 11) is 1.50. The van der Waals surface area contributed by atoms with Gasteiger partial charge in [0.15, 0.2) is 0 Å². The van der Waals surface area contributed by atoms with Crippen LogP contribution in [0.3, 0.4) is 0 Å². The number of nitrogens with two attached hydrogens (primary N) is 3. The predicted molar refractivity (Wildman–Crippen MR) is 108 cm³/mol. The molecule has 2 atom stereocenters. The van der Waals surface area contributed by atoms with Crippen LogP contribution in [-0.2, 0) is 20.8 Å². The minimum atomic E-state index is -1.06. The van der Waals surface area contributed by atoms with Crippen LogP contribution in [0.5, 0.6) is 0 Å². The molecule has 0 aliphatic rings. The van der Waals surface area contributed by atoms with Crippen LogP contribution in [0.25, 0.3) is 0 Å². The Bertz CT molecular complexity index is 619. The van der Waals surface area contributed by atoms with Crippen LogP contribution in [0.1, 0.15) is 18.4 Å². The molecule has 0 unspecified atom stereocenters. The van der Waals surface area contributed by atoms with Crippen LogP contribution in [0.2, 0.25) is 0 Å². The third-order valence-corrected chi connectivity index (χ3v) is 4.33. The third-order valence-electron chi connectivity index (χ3n) is 4.33. The molecule has 0 bridgehead atoms. The number of rotatable bonds is 12. The highest BCUT2D eigenvalue weighted by atomic mass is 16.2. The van der Waals surface area contributed by atoms with Gasteiger partial charge in [0.05, 0.1) is 12.5 Å². The molecule has 0 radical (unpaired) electrons. The van der Waals surface area contributed by atoms with Crippen molar-refractivity contribution in [1.82, 2.24) is 15.5 Å². The van der Waals surface area contributed by atoms with Gasteiger partial charge in [0.2, 0.25) is 17.7 Å². The van der Waals surface area contributed by atoms with E-state index in [1.807, 2.05) is 30.3 Å². The average molecular weight is 393 g/mol. The molecule has 0 saturated carbocycles. The number of amides is 3. The lowest BCUT2D eigenvalue weighted by molar-refractivity contribution is -0.135. The molecule has 9 nitrogen and oxygen atoms in total. The van der Waals surface area contributed by atoms with Gasteiger partial charge in [-0.3, -0.25) is 14.4 Å². The van der Waals surface area contributed by atoms with Gasteiger partial charge in [0.25, 0.3) is 0 Å². The van der Waals surface area contributed by atoms with Crippen molar-refractivity contribution >= 4 is 17.7 Å². The molecule has 0 spiro atoms. The molecule has 1 rings (SSSR count). The summed E-state index contributed by atoms with van der Waals surface area (Å²) in [4.78, 5) is 38.3. The molecule has 28 heavy (non-hydrogen) atoms. The van der Waals surface area contributed by atoms with Gasteiger partial charge in [-0.1, -0.05) is 30.3 Å². The number of carbonyl (C=O) groups excluding carboxylic acids is 3. The molecule has 156 valence electrons. The van der Waals surface area contributed by atoms with E-state index in [1.165, 1.54) is 11.9 Å². The van der Waals surface area contributed by atoms with E-state index >= 15 is 0 Å². The Morgan fingerprint density at radius 2 is 1.64 bits per heavy atom. The average Bonchev–Trinajstić information content (AvgIpc) is 2.70. The Balaban J connectivity index is 2.64. The highest BCUT2D eigenvalue weighted by Crippen LogP contribution is 2.06. The summed E-state index contributed by atoms with van der Waals surface area (Å²) >= 11 is 0. The quantitative estimate of drug-likeness (QED) is 0.286. The first-order valence-electron chi connectivity index (χ1n) is 9.42. The van der Waals surface area contributed by atoms with Crippen LogP contribution in [0, 0.1) is 0 Å². The molecule has 0 aliphatic heterocycles. The van der Waals surface area contributed by atoms with Gasteiger partial charge in [-0.2, -0.15) is 0 Å². The molecule has 1 aromatic rings. The van der Waals surface area contributed by atoms with E-state index in [1.54, 1.807) is 0 Å². The minimum absolute atomic E-state index is 0.176. The van der Waals surface area contributed by atoms with E-state index < -0.39 is 18.0 Å². The van der Waals surface area contributed by atoms with Crippen LogP contribution in [-0.4, -0.2) is 67.9 Å². The Morgan fingerprint density at radius 3 is 2.18 bits per heavy atom. The highest BCUT2D eigenvalue weighted by Gasteiger charge is 2.25. The zero-order valence-electron chi connectivity index (χ0n) is 16.4. The second-order valence-corrected chi connectivity index (χ2v) is 6.47. The summed E-state index contributed by atoms with van der Waals surface area (Å²) in [6.45, 7) is 1.29. The van der Waals surface area contributed by atoms with Crippen molar-refractivity contribution in [3.8, 4) is 0 Å². The summed E-state index contributed by atoms with van der Waals surface area (Å²) in [5.74, 6) is -1.15. The number of aryl methyl sites for hydroxylation is 1. The van der Waals surface area contributed by atoms with Gasteiger partial charge in [0.1, 0.15) is 6.04 Å². The zero-order chi connectivity index (χ0) is 20.9. The molecule has 8 N–H and O–H groups in total. The van der Waals surface area contributed by atoms with Crippen molar-refractivity contribution in [3.05, 3.63) is 35.9 Å². The summed E-state index contributed by atoms with van der Waals surface area (Å²) in [6.07, 6.45) is 0.863. The maximum Gasteiger partial charge on any atom is 0.242 e. The van der Waals surface area contributed by atoms with E-state index in [0.717, 1.165) is 5.56 Å². The number of nitrogens with one attached hydrogen (secondary N) is 2. The predicted octanol–water partition coefficient (Wildman–Crippen LogP) is -1.69. The Kier molecular flexibility index (Phi) is 10.8. The fourth-order valence-electron chi connectivity index (χ4n) is 2.76. The molecule has 9 heteroatoms. The van der Waals surface area contributed by atoms with E-state index in [2.05, 4.69) is 10.6 Å². The first-order valence-corrected chi connectivity index (χ1v) is 9.42. The molecule has 0 saturated heterocycles. The molecule has 0 heterocycles. The summed E-state index contributed by atoms with van der Waals surface area (Å²) in [5, 5.41) is 5.19. The Morgan fingerprint density at radius 1 is 1.04 bits per heavy atom. The monoisotopic (exact) mass is 392 g/mol. The standard InChI is InChI=1S/C19H32N6O3/c1-23-19(28)16(8-7-14-5-3-2-4-6-14)24-18(27)15(22)13-17(26)25(11-9-20)12-10-21/h2-6,15-16H,7-13,20-22H2,1H3,(H,23,28)(H,24,27)/t15-,16-/m0/s1. The van der Waals surface area contributed by atoms with E-state index in [0.29, 0.717) is 39.0 Å². The first kappa shape index (κ1) is 23.5. The smallest absolute Gasteiger partial charge is 0.242 e. The normalized spacial score (nSPS) is 12.7. The second kappa shape index (κ2) is 12.8. The molecule has 0 aliphatic carbocycles. The van der Waals surface area contributed by atoms with Crippen LogP contribution >= 0.6 is 0 Å².